The highest BCUT2D eigenvalue weighted by Gasteiger charge is 2.34. The maximum absolute atomic E-state index is 6.90. The van der Waals surface area contributed by atoms with Crippen LogP contribution < -0.4 is 22.6 Å². The van der Waals surface area contributed by atoms with Crippen LogP contribution in [0.3, 0.4) is 0 Å². The zero-order valence-corrected chi connectivity index (χ0v) is 36.0. The molecular weight excluding hydrogens is 731 g/mol. The summed E-state index contributed by atoms with van der Waals surface area (Å²) in [5, 5.41) is 0. The highest BCUT2D eigenvalue weighted by Crippen LogP contribution is 2.55. The number of hydrogen-bond acceptors (Lipinski definition) is 7. The van der Waals surface area contributed by atoms with Gasteiger partial charge < -0.3 is 22.6 Å². The lowest BCUT2D eigenvalue weighted by Crippen LogP contribution is -2.14. The van der Waals surface area contributed by atoms with E-state index in [1.54, 1.807) is 11.8 Å². The van der Waals surface area contributed by atoms with Gasteiger partial charge in [0.2, 0.25) is 0 Å². The van der Waals surface area contributed by atoms with Crippen LogP contribution in [0.5, 0.6) is 28.7 Å². The highest BCUT2D eigenvalue weighted by atomic mass is 32.2. The van der Waals surface area contributed by atoms with Gasteiger partial charge in [0.05, 0.1) is 6.61 Å². The first-order chi connectivity index (χ1) is 25.7. The van der Waals surface area contributed by atoms with Gasteiger partial charge in [0, 0.05) is 44.5 Å². The number of rotatable bonds is 6. The Hall–Kier alpha value is -3.73. The summed E-state index contributed by atoms with van der Waals surface area (Å²) in [5.41, 5.74) is 15.3. The summed E-state index contributed by atoms with van der Waals surface area (Å²) < 4.78 is 40.6. The van der Waals surface area contributed by atoms with Crippen LogP contribution in [0.25, 0.3) is 0 Å². The molecule has 0 radical (unpaired) electrons. The van der Waals surface area contributed by atoms with Gasteiger partial charge in [0.25, 0.3) is 0 Å². The first-order valence-corrected chi connectivity index (χ1v) is 21.9. The SMILES string of the molecule is CSc1cc(C)c(OP2Oc3c(C)cc(C)cc3C(C)c3cc(C)cc(C)c3O2)c(COP2Oc3c(C)cc(C)cc3C(C)c3cc(C)cc(C)c3O2)c1. The molecule has 0 spiro atoms. The van der Waals surface area contributed by atoms with Crippen molar-refractivity contribution in [1.29, 1.82) is 0 Å². The molecule has 54 heavy (non-hydrogen) atoms. The normalized spacial score (nSPS) is 18.8. The molecule has 6 nitrogen and oxygen atoms in total. The van der Waals surface area contributed by atoms with Gasteiger partial charge in [-0.15, -0.1) is 11.8 Å². The lowest BCUT2D eigenvalue weighted by atomic mass is 9.87. The van der Waals surface area contributed by atoms with Crippen LogP contribution >= 0.6 is 29.0 Å². The Morgan fingerprint density at radius 1 is 0.500 bits per heavy atom. The van der Waals surface area contributed by atoms with Gasteiger partial charge in [0.15, 0.2) is 0 Å². The van der Waals surface area contributed by atoms with E-state index < -0.39 is 17.2 Å². The Kier molecular flexibility index (Phi) is 11.0. The molecule has 0 saturated carbocycles. The molecule has 2 aliphatic heterocycles. The average Bonchev–Trinajstić information content (AvgIpc) is 3.10. The van der Waals surface area contributed by atoms with Crippen molar-refractivity contribution in [3.63, 3.8) is 0 Å². The van der Waals surface area contributed by atoms with Crippen LogP contribution in [0, 0.1) is 62.3 Å². The molecule has 7 rings (SSSR count). The van der Waals surface area contributed by atoms with Crippen molar-refractivity contribution in [1.82, 2.24) is 0 Å². The number of aryl methyl sites for hydroxylation is 9. The fraction of sp³-hybridized carbons (Fsp3) is 0.333. The minimum absolute atomic E-state index is 0.0698. The fourth-order valence-electron chi connectivity index (χ4n) is 7.86. The minimum atomic E-state index is -1.92. The zero-order chi connectivity index (χ0) is 38.6. The van der Waals surface area contributed by atoms with Crippen molar-refractivity contribution in [3.05, 3.63) is 139 Å². The van der Waals surface area contributed by atoms with Crippen LogP contribution in [-0.2, 0) is 11.1 Å². The molecule has 282 valence electrons. The minimum Gasteiger partial charge on any atom is -0.417 e. The van der Waals surface area contributed by atoms with Crippen molar-refractivity contribution < 1.29 is 27.1 Å². The molecule has 5 aromatic carbocycles. The molecule has 0 N–H and O–H groups in total. The molecule has 0 unspecified atom stereocenters. The third-order valence-electron chi connectivity index (χ3n) is 10.4. The lowest BCUT2D eigenvalue weighted by molar-refractivity contribution is 0.249. The number of hydrogen-bond donors (Lipinski definition) is 0. The van der Waals surface area contributed by atoms with Crippen molar-refractivity contribution >= 4 is 29.0 Å². The summed E-state index contributed by atoms with van der Waals surface area (Å²) in [5.74, 6) is 4.06. The second-order valence-corrected chi connectivity index (χ2v) is 18.0. The maximum atomic E-state index is 6.90. The van der Waals surface area contributed by atoms with E-state index in [1.165, 1.54) is 22.3 Å². The number of thioether (sulfide) groups is 1. The van der Waals surface area contributed by atoms with E-state index in [-0.39, 0.29) is 18.4 Å². The highest BCUT2D eigenvalue weighted by molar-refractivity contribution is 7.98. The monoisotopic (exact) mass is 780 g/mol. The van der Waals surface area contributed by atoms with Gasteiger partial charge in [-0.3, -0.25) is 4.52 Å². The Morgan fingerprint density at radius 3 is 1.24 bits per heavy atom. The van der Waals surface area contributed by atoms with Gasteiger partial charge in [0.1, 0.15) is 28.7 Å². The predicted molar refractivity (Wildman–Crippen MR) is 223 cm³/mol. The number of fused-ring (bicyclic) bond motifs is 4. The largest absolute Gasteiger partial charge is 0.530 e. The standard InChI is InChI=1S/C45H50O6P2S/c1-24-13-28(5)42-37(17-24)33(10)38-18-25(2)14-29(6)43(38)49-52(48-42)46-23-35-22-36(54-12)21-32(9)41(35)47-53-50-44-30(7)15-26(3)19-39(44)34(11)40-20-27(4)16-31(8)45(40)51-53/h13-22,33-34H,23H2,1-12H3. The molecule has 2 heterocycles. The molecule has 0 aliphatic carbocycles. The average molecular weight is 781 g/mol. The van der Waals surface area contributed by atoms with Crippen LogP contribution in [0.15, 0.2) is 65.6 Å². The van der Waals surface area contributed by atoms with Gasteiger partial charge in [-0.1, -0.05) is 84.6 Å². The summed E-state index contributed by atoms with van der Waals surface area (Å²) in [6, 6.07) is 21.8. The Labute approximate surface area is 327 Å². The molecule has 0 amide bonds. The maximum Gasteiger partial charge on any atom is 0.530 e. The van der Waals surface area contributed by atoms with E-state index in [2.05, 4.69) is 143 Å². The van der Waals surface area contributed by atoms with Crippen LogP contribution in [0.4, 0.5) is 0 Å². The van der Waals surface area contributed by atoms with E-state index in [4.69, 9.17) is 27.1 Å². The number of benzene rings is 5. The van der Waals surface area contributed by atoms with E-state index >= 15 is 0 Å². The molecule has 0 fully saturated rings. The summed E-state index contributed by atoms with van der Waals surface area (Å²) >= 11 is 1.68. The molecule has 0 bridgehead atoms. The second kappa shape index (κ2) is 15.4. The molecule has 5 aromatic rings. The smallest absolute Gasteiger partial charge is 0.417 e. The Bertz CT molecular complexity index is 2150. The van der Waals surface area contributed by atoms with Crippen LogP contribution in [0.2, 0.25) is 0 Å². The third-order valence-corrected chi connectivity index (χ3v) is 13.1. The molecule has 0 aromatic heterocycles. The van der Waals surface area contributed by atoms with Crippen molar-refractivity contribution in [3.8, 4) is 28.7 Å². The summed E-state index contributed by atoms with van der Waals surface area (Å²) in [6.45, 7) is 23.6. The van der Waals surface area contributed by atoms with E-state index in [9.17, 15) is 0 Å². The van der Waals surface area contributed by atoms with Gasteiger partial charge in [-0.05, 0) is 109 Å². The molecule has 9 heteroatoms. The Morgan fingerprint density at radius 2 is 0.870 bits per heavy atom. The van der Waals surface area contributed by atoms with Crippen molar-refractivity contribution in [2.24, 2.45) is 0 Å². The summed E-state index contributed by atoms with van der Waals surface area (Å²) in [7, 11) is -3.78. The zero-order valence-electron chi connectivity index (χ0n) is 33.4. The first-order valence-electron chi connectivity index (χ1n) is 18.5. The first kappa shape index (κ1) is 38.5. The molecule has 2 aliphatic rings. The van der Waals surface area contributed by atoms with Crippen LogP contribution in [0.1, 0.15) is 104 Å². The molecule has 0 atom stereocenters. The van der Waals surface area contributed by atoms with Crippen molar-refractivity contribution in [2.45, 2.75) is 99.5 Å². The predicted octanol–water partition coefficient (Wildman–Crippen LogP) is 13.8. The summed E-state index contributed by atoms with van der Waals surface area (Å²) in [6.07, 6.45) is 2.07. The van der Waals surface area contributed by atoms with Gasteiger partial charge in [-0.2, -0.15) is 0 Å². The molecular formula is C45H50O6P2S. The quantitative estimate of drug-likeness (QED) is 0.126. The van der Waals surface area contributed by atoms with Crippen molar-refractivity contribution in [2.75, 3.05) is 6.26 Å². The lowest BCUT2D eigenvalue weighted by Gasteiger charge is -2.30. The Balaban J connectivity index is 1.26. The van der Waals surface area contributed by atoms with Crippen LogP contribution in [-0.4, -0.2) is 6.26 Å². The van der Waals surface area contributed by atoms with E-state index in [0.717, 1.165) is 83.5 Å². The van der Waals surface area contributed by atoms with Gasteiger partial charge >= 0.3 is 17.2 Å². The summed E-state index contributed by atoms with van der Waals surface area (Å²) in [4.78, 5) is 1.10. The second-order valence-electron chi connectivity index (χ2n) is 15.1. The van der Waals surface area contributed by atoms with E-state index in [0.29, 0.717) is 5.75 Å². The third kappa shape index (κ3) is 7.58. The van der Waals surface area contributed by atoms with Gasteiger partial charge in [-0.25, -0.2) is 0 Å². The topological polar surface area (TPSA) is 55.4 Å². The fourth-order valence-corrected chi connectivity index (χ4v) is 10.9. The molecule has 0 saturated heterocycles. The van der Waals surface area contributed by atoms with E-state index in [1.807, 2.05) is 0 Å².